The maximum absolute atomic E-state index is 11.1. The lowest BCUT2D eigenvalue weighted by molar-refractivity contribution is -0.384. The van der Waals surface area contributed by atoms with Crippen LogP contribution in [-0.4, -0.2) is 15.9 Å². The van der Waals surface area contributed by atoms with E-state index in [2.05, 4.69) is 24.1 Å². The van der Waals surface area contributed by atoms with Crippen molar-refractivity contribution in [2.75, 3.05) is 5.32 Å². The number of pyridine rings is 1. The minimum atomic E-state index is -0.362. The van der Waals surface area contributed by atoms with Crippen molar-refractivity contribution in [2.45, 2.75) is 46.1 Å². The molecule has 0 aromatic carbocycles. The zero-order chi connectivity index (χ0) is 14.0. The highest BCUT2D eigenvalue weighted by Crippen LogP contribution is 2.33. The van der Waals surface area contributed by atoms with Gasteiger partial charge in [-0.05, 0) is 30.7 Å². The Kier molecular flexibility index (Phi) is 4.02. The van der Waals surface area contributed by atoms with Gasteiger partial charge in [0, 0.05) is 18.3 Å². The monoisotopic (exact) mass is 263 g/mol. The fourth-order valence-corrected chi connectivity index (χ4v) is 2.77. The van der Waals surface area contributed by atoms with E-state index in [9.17, 15) is 10.1 Å². The highest BCUT2D eigenvalue weighted by molar-refractivity contribution is 5.57. The van der Waals surface area contributed by atoms with Crippen LogP contribution in [0.1, 0.15) is 38.7 Å². The van der Waals surface area contributed by atoms with Gasteiger partial charge in [-0.15, -0.1) is 0 Å². The van der Waals surface area contributed by atoms with Crippen LogP contribution in [-0.2, 0) is 0 Å². The molecule has 2 rings (SSSR count). The Morgan fingerprint density at radius 1 is 1.42 bits per heavy atom. The van der Waals surface area contributed by atoms with Crippen molar-refractivity contribution in [2.24, 2.45) is 11.8 Å². The standard InChI is InChI=1S/C14H21N3O2/c1-9-7-13(17(18)19)14(15-8-9)16-12-6-4-5-10(2)11(12)3/h7-8,10-12H,4-6H2,1-3H3,(H,15,16). The van der Waals surface area contributed by atoms with Crippen LogP contribution < -0.4 is 5.32 Å². The Morgan fingerprint density at radius 2 is 2.16 bits per heavy atom. The van der Waals surface area contributed by atoms with E-state index in [1.807, 2.05) is 6.92 Å². The summed E-state index contributed by atoms with van der Waals surface area (Å²) in [7, 11) is 0. The van der Waals surface area contributed by atoms with E-state index in [4.69, 9.17) is 0 Å². The fourth-order valence-electron chi connectivity index (χ4n) is 2.77. The van der Waals surface area contributed by atoms with Crippen molar-refractivity contribution in [1.29, 1.82) is 0 Å². The Balaban J connectivity index is 2.21. The van der Waals surface area contributed by atoms with Gasteiger partial charge in [0.25, 0.3) is 0 Å². The van der Waals surface area contributed by atoms with Crippen LogP contribution in [0.25, 0.3) is 0 Å². The minimum Gasteiger partial charge on any atom is -0.361 e. The minimum absolute atomic E-state index is 0.0745. The lowest BCUT2D eigenvalue weighted by Gasteiger charge is -2.34. The van der Waals surface area contributed by atoms with Gasteiger partial charge in [-0.3, -0.25) is 10.1 Å². The molecule has 5 heteroatoms. The van der Waals surface area contributed by atoms with E-state index >= 15 is 0 Å². The third-order valence-corrected chi connectivity index (χ3v) is 4.23. The molecule has 0 aliphatic heterocycles. The number of rotatable bonds is 3. The van der Waals surface area contributed by atoms with Gasteiger partial charge >= 0.3 is 5.69 Å². The first-order valence-corrected chi connectivity index (χ1v) is 6.86. The molecule has 0 amide bonds. The van der Waals surface area contributed by atoms with E-state index in [0.29, 0.717) is 17.7 Å². The SMILES string of the molecule is Cc1cnc(NC2CCCC(C)C2C)c([N+](=O)[O-])c1. The largest absolute Gasteiger partial charge is 0.361 e. The number of aromatic nitrogens is 1. The fraction of sp³-hybridized carbons (Fsp3) is 0.643. The highest BCUT2D eigenvalue weighted by Gasteiger charge is 2.29. The molecule has 19 heavy (non-hydrogen) atoms. The molecular formula is C14H21N3O2. The number of nitrogens with one attached hydrogen (secondary N) is 1. The molecule has 5 nitrogen and oxygen atoms in total. The number of hydrogen-bond donors (Lipinski definition) is 1. The van der Waals surface area contributed by atoms with Gasteiger partial charge in [0.05, 0.1) is 4.92 Å². The van der Waals surface area contributed by atoms with Gasteiger partial charge in [0.2, 0.25) is 5.82 Å². The summed E-state index contributed by atoms with van der Waals surface area (Å²) in [6.45, 7) is 6.27. The first-order chi connectivity index (χ1) is 8.99. The maximum atomic E-state index is 11.1. The quantitative estimate of drug-likeness (QED) is 0.669. The molecule has 1 aliphatic rings. The first kappa shape index (κ1) is 13.8. The van der Waals surface area contributed by atoms with Crippen LogP contribution in [0.4, 0.5) is 11.5 Å². The van der Waals surface area contributed by atoms with E-state index in [0.717, 1.165) is 12.0 Å². The molecule has 1 aromatic heterocycles. The number of aryl methyl sites for hydroxylation is 1. The molecule has 3 unspecified atom stereocenters. The Morgan fingerprint density at radius 3 is 2.84 bits per heavy atom. The summed E-state index contributed by atoms with van der Waals surface area (Å²) >= 11 is 0. The second kappa shape index (κ2) is 5.55. The summed E-state index contributed by atoms with van der Waals surface area (Å²) in [6, 6.07) is 1.85. The van der Waals surface area contributed by atoms with Crippen LogP contribution >= 0.6 is 0 Å². The summed E-state index contributed by atoms with van der Waals surface area (Å²) in [5.41, 5.74) is 0.882. The van der Waals surface area contributed by atoms with Gasteiger partial charge in [-0.25, -0.2) is 4.98 Å². The Labute approximate surface area is 113 Å². The van der Waals surface area contributed by atoms with Crippen molar-refractivity contribution >= 4 is 11.5 Å². The highest BCUT2D eigenvalue weighted by atomic mass is 16.6. The topological polar surface area (TPSA) is 68.1 Å². The summed E-state index contributed by atoms with van der Waals surface area (Å²) < 4.78 is 0. The van der Waals surface area contributed by atoms with Crippen LogP contribution in [0.15, 0.2) is 12.3 Å². The van der Waals surface area contributed by atoms with E-state index < -0.39 is 0 Å². The maximum Gasteiger partial charge on any atom is 0.311 e. The zero-order valence-electron chi connectivity index (χ0n) is 11.7. The smallest absolute Gasteiger partial charge is 0.311 e. The number of hydrogen-bond acceptors (Lipinski definition) is 4. The van der Waals surface area contributed by atoms with Crippen molar-refractivity contribution in [3.63, 3.8) is 0 Å². The zero-order valence-corrected chi connectivity index (χ0v) is 11.7. The molecule has 0 radical (unpaired) electrons. The summed E-state index contributed by atoms with van der Waals surface area (Å²) in [4.78, 5) is 14.9. The molecule has 104 valence electrons. The van der Waals surface area contributed by atoms with Crippen LogP contribution in [0.3, 0.4) is 0 Å². The predicted molar refractivity (Wildman–Crippen MR) is 75.2 cm³/mol. The van der Waals surface area contributed by atoms with Crippen molar-refractivity contribution in [3.05, 3.63) is 27.9 Å². The second-order valence-corrected chi connectivity index (χ2v) is 5.66. The van der Waals surface area contributed by atoms with Crippen molar-refractivity contribution in [1.82, 2.24) is 4.98 Å². The molecule has 0 bridgehead atoms. The Hall–Kier alpha value is -1.65. The van der Waals surface area contributed by atoms with Gasteiger partial charge < -0.3 is 5.32 Å². The Bertz CT molecular complexity index is 476. The molecule has 1 fully saturated rings. The van der Waals surface area contributed by atoms with E-state index in [1.54, 1.807) is 12.3 Å². The molecule has 1 saturated carbocycles. The average Bonchev–Trinajstić information content (AvgIpc) is 2.36. The normalized spacial score (nSPS) is 27.0. The molecule has 1 heterocycles. The van der Waals surface area contributed by atoms with Gasteiger partial charge in [-0.2, -0.15) is 0 Å². The number of anilines is 1. The molecule has 0 spiro atoms. The average molecular weight is 263 g/mol. The van der Waals surface area contributed by atoms with E-state index in [-0.39, 0.29) is 16.7 Å². The van der Waals surface area contributed by atoms with Crippen molar-refractivity contribution in [3.8, 4) is 0 Å². The summed E-state index contributed by atoms with van der Waals surface area (Å²) in [6.07, 6.45) is 5.13. The van der Waals surface area contributed by atoms with Gasteiger partial charge in [-0.1, -0.05) is 26.7 Å². The summed E-state index contributed by atoms with van der Waals surface area (Å²) in [5, 5.41) is 14.4. The lowest BCUT2D eigenvalue weighted by Crippen LogP contribution is -2.35. The number of nitro groups is 1. The third kappa shape index (κ3) is 3.03. The van der Waals surface area contributed by atoms with Gasteiger partial charge in [0.15, 0.2) is 0 Å². The molecule has 0 saturated heterocycles. The predicted octanol–water partition coefficient (Wildman–Crippen LogP) is 3.53. The lowest BCUT2D eigenvalue weighted by atomic mass is 9.78. The molecule has 1 N–H and O–H groups in total. The number of nitrogens with zero attached hydrogens (tertiary/aromatic N) is 2. The molecule has 1 aromatic rings. The first-order valence-electron chi connectivity index (χ1n) is 6.86. The third-order valence-electron chi connectivity index (χ3n) is 4.23. The second-order valence-electron chi connectivity index (χ2n) is 5.66. The summed E-state index contributed by atoms with van der Waals surface area (Å²) in [5.74, 6) is 1.56. The molecule has 1 aliphatic carbocycles. The van der Waals surface area contributed by atoms with E-state index in [1.165, 1.54) is 12.8 Å². The van der Waals surface area contributed by atoms with Gasteiger partial charge in [0.1, 0.15) is 0 Å². The van der Waals surface area contributed by atoms with Crippen LogP contribution in [0.2, 0.25) is 0 Å². The molecular weight excluding hydrogens is 242 g/mol. The molecule has 3 atom stereocenters. The van der Waals surface area contributed by atoms with Crippen LogP contribution in [0, 0.1) is 28.9 Å². The van der Waals surface area contributed by atoms with Crippen molar-refractivity contribution < 1.29 is 4.92 Å². The van der Waals surface area contributed by atoms with Crippen LogP contribution in [0.5, 0.6) is 0 Å².